The highest BCUT2D eigenvalue weighted by Crippen LogP contribution is 2.46. The van der Waals surface area contributed by atoms with Crippen molar-refractivity contribution in [2.75, 3.05) is 25.1 Å². The van der Waals surface area contributed by atoms with Crippen LogP contribution in [0.4, 0.5) is 5.69 Å². The van der Waals surface area contributed by atoms with E-state index >= 15 is 0 Å². The number of amides is 1. The third-order valence-corrected chi connectivity index (χ3v) is 6.82. The van der Waals surface area contributed by atoms with Crippen molar-refractivity contribution >= 4 is 57.6 Å². The number of para-hydroxylation sites is 1. The lowest BCUT2D eigenvalue weighted by molar-refractivity contribution is -0.137. The standard InChI is InChI=1S/C20H20N2O3S3/c1-3-18(23)25-13-7-6-12-22-14-8-4-5-9-15(14)27-17(22)11-10-16-19(24)21(2)20(26)28-16/h3-5,8-11H,1,6-7,12-13H2,2H3/b16-10+,17-11+. The first kappa shape index (κ1) is 20.7. The maximum atomic E-state index is 12.2. The summed E-state index contributed by atoms with van der Waals surface area (Å²) in [7, 11) is 1.69. The van der Waals surface area contributed by atoms with Crippen molar-refractivity contribution in [2.45, 2.75) is 17.7 Å². The Morgan fingerprint density at radius 2 is 2.04 bits per heavy atom. The van der Waals surface area contributed by atoms with Crippen molar-refractivity contribution in [3.63, 3.8) is 0 Å². The fraction of sp³-hybridized carbons (Fsp3) is 0.250. The number of thiocarbonyl (C=S) groups is 1. The number of esters is 1. The van der Waals surface area contributed by atoms with E-state index in [2.05, 4.69) is 23.6 Å². The molecule has 1 saturated heterocycles. The van der Waals surface area contributed by atoms with E-state index in [-0.39, 0.29) is 5.91 Å². The zero-order chi connectivity index (χ0) is 20.1. The number of benzene rings is 1. The third kappa shape index (κ3) is 4.68. The number of ether oxygens (including phenoxy) is 1. The van der Waals surface area contributed by atoms with Gasteiger partial charge in [0.2, 0.25) is 0 Å². The van der Waals surface area contributed by atoms with Crippen molar-refractivity contribution in [1.29, 1.82) is 0 Å². The molecule has 1 aromatic rings. The topological polar surface area (TPSA) is 49.9 Å². The second-order valence-electron chi connectivity index (χ2n) is 6.07. The number of fused-ring (bicyclic) bond motifs is 1. The van der Waals surface area contributed by atoms with Gasteiger partial charge in [0.1, 0.15) is 4.32 Å². The Balaban J connectivity index is 1.69. The van der Waals surface area contributed by atoms with Crippen LogP contribution in [0.25, 0.3) is 0 Å². The second kappa shape index (κ2) is 9.45. The van der Waals surface area contributed by atoms with E-state index in [9.17, 15) is 9.59 Å². The van der Waals surface area contributed by atoms with E-state index in [1.807, 2.05) is 24.3 Å². The average molecular weight is 433 g/mol. The summed E-state index contributed by atoms with van der Waals surface area (Å²) >= 11 is 8.18. The van der Waals surface area contributed by atoms with Gasteiger partial charge in [-0.2, -0.15) is 0 Å². The number of likely N-dealkylation sites (N-methyl/N-ethyl adjacent to an activating group) is 1. The van der Waals surface area contributed by atoms with Gasteiger partial charge in [-0.3, -0.25) is 9.69 Å². The monoisotopic (exact) mass is 432 g/mol. The summed E-state index contributed by atoms with van der Waals surface area (Å²) in [6.07, 6.45) is 6.63. The molecule has 0 N–H and O–H groups in total. The van der Waals surface area contributed by atoms with Crippen LogP contribution in [0.15, 0.2) is 63.9 Å². The Kier molecular flexibility index (Phi) is 6.98. The van der Waals surface area contributed by atoms with Crippen LogP contribution in [0.1, 0.15) is 12.8 Å². The predicted octanol–water partition coefficient (Wildman–Crippen LogP) is 4.32. The molecular formula is C20H20N2O3S3. The molecule has 1 aromatic carbocycles. The molecule has 0 radical (unpaired) electrons. The number of unbranched alkanes of at least 4 members (excludes halogenated alkanes) is 1. The number of carbonyl (C=O) groups excluding carboxylic acids is 2. The van der Waals surface area contributed by atoms with E-state index in [0.717, 1.165) is 30.1 Å². The van der Waals surface area contributed by atoms with Gasteiger partial charge in [0.05, 0.1) is 22.2 Å². The first-order valence-corrected chi connectivity index (χ1v) is 10.8. The van der Waals surface area contributed by atoms with Gasteiger partial charge in [0.15, 0.2) is 0 Å². The molecule has 3 rings (SSSR count). The second-order valence-corrected chi connectivity index (χ2v) is 8.81. The molecule has 1 amide bonds. The molecule has 0 unspecified atom stereocenters. The number of rotatable bonds is 7. The molecule has 0 bridgehead atoms. The molecule has 2 aliphatic heterocycles. The van der Waals surface area contributed by atoms with Gasteiger partial charge in [-0.05, 0) is 37.1 Å². The smallest absolute Gasteiger partial charge is 0.330 e. The van der Waals surface area contributed by atoms with Crippen LogP contribution in [0.3, 0.4) is 0 Å². The van der Waals surface area contributed by atoms with Crippen molar-refractivity contribution in [1.82, 2.24) is 4.90 Å². The van der Waals surface area contributed by atoms with Crippen LogP contribution in [0, 0.1) is 0 Å². The highest BCUT2D eigenvalue weighted by molar-refractivity contribution is 8.26. The van der Waals surface area contributed by atoms with Crippen LogP contribution in [-0.2, 0) is 14.3 Å². The molecule has 8 heteroatoms. The minimum Gasteiger partial charge on any atom is -0.463 e. The number of thioether (sulfide) groups is 2. The summed E-state index contributed by atoms with van der Waals surface area (Å²) in [5.74, 6) is -0.459. The summed E-state index contributed by atoms with van der Waals surface area (Å²) in [5.41, 5.74) is 1.15. The first-order valence-electron chi connectivity index (χ1n) is 8.76. The quantitative estimate of drug-likeness (QED) is 0.275. The number of hydrogen-bond donors (Lipinski definition) is 0. The SMILES string of the molecule is C=CC(=O)OCCCCN1/C(=C\C=C2\SC(=S)N(C)C2=O)Sc2ccccc21. The Bertz CT molecular complexity index is 879. The van der Waals surface area contributed by atoms with Crippen molar-refractivity contribution < 1.29 is 14.3 Å². The zero-order valence-electron chi connectivity index (χ0n) is 15.4. The number of allylic oxidation sites excluding steroid dienone is 2. The van der Waals surface area contributed by atoms with Crippen molar-refractivity contribution in [2.24, 2.45) is 0 Å². The van der Waals surface area contributed by atoms with Crippen LogP contribution < -0.4 is 4.90 Å². The molecule has 0 saturated carbocycles. The van der Waals surface area contributed by atoms with Gasteiger partial charge in [-0.15, -0.1) is 0 Å². The fourth-order valence-corrected chi connectivity index (χ4v) is 4.93. The number of nitrogens with zero attached hydrogens (tertiary/aromatic N) is 2. The predicted molar refractivity (Wildman–Crippen MR) is 119 cm³/mol. The first-order chi connectivity index (χ1) is 13.5. The Hall–Kier alpha value is -2.03. The number of anilines is 1. The highest BCUT2D eigenvalue weighted by Gasteiger charge is 2.29. The molecular weight excluding hydrogens is 412 g/mol. The summed E-state index contributed by atoms with van der Waals surface area (Å²) in [6, 6.07) is 8.21. The minimum atomic E-state index is -0.393. The molecule has 2 aliphatic rings. The highest BCUT2D eigenvalue weighted by atomic mass is 32.2. The summed E-state index contributed by atoms with van der Waals surface area (Å²) in [6.45, 7) is 4.57. The normalized spacial score (nSPS) is 18.9. The lowest BCUT2D eigenvalue weighted by Crippen LogP contribution is -2.22. The minimum absolute atomic E-state index is 0.0667. The van der Waals surface area contributed by atoms with Crippen LogP contribution in [0.5, 0.6) is 0 Å². The van der Waals surface area contributed by atoms with Crippen LogP contribution in [-0.4, -0.2) is 41.3 Å². The van der Waals surface area contributed by atoms with Crippen LogP contribution >= 0.6 is 35.7 Å². The van der Waals surface area contributed by atoms with Gasteiger partial charge in [-0.25, -0.2) is 4.79 Å². The molecule has 0 aliphatic carbocycles. The lowest BCUT2D eigenvalue weighted by Gasteiger charge is -2.20. The van der Waals surface area contributed by atoms with E-state index in [1.54, 1.807) is 18.8 Å². The summed E-state index contributed by atoms with van der Waals surface area (Å²) < 4.78 is 5.61. The average Bonchev–Trinajstić information content (AvgIpc) is 3.18. The van der Waals surface area contributed by atoms with E-state index in [1.165, 1.54) is 27.6 Å². The zero-order valence-corrected chi connectivity index (χ0v) is 17.9. The summed E-state index contributed by atoms with van der Waals surface area (Å²) in [4.78, 5) is 28.9. The van der Waals surface area contributed by atoms with Crippen molar-refractivity contribution in [3.8, 4) is 0 Å². The molecule has 0 atom stereocenters. The maximum Gasteiger partial charge on any atom is 0.330 e. The Labute approximate surface area is 178 Å². The maximum absolute atomic E-state index is 12.2. The fourth-order valence-electron chi connectivity index (χ4n) is 2.72. The molecule has 146 valence electrons. The molecule has 0 spiro atoms. The van der Waals surface area contributed by atoms with Gasteiger partial charge in [-0.1, -0.05) is 54.5 Å². The number of carbonyl (C=O) groups is 2. The molecule has 28 heavy (non-hydrogen) atoms. The Morgan fingerprint density at radius 3 is 2.75 bits per heavy atom. The van der Waals surface area contributed by atoms with E-state index in [4.69, 9.17) is 17.0 Å². The largest absolute Gasteiger partial charge is 0.463 e. The van der Waals surface area contributed by atoms with Crippen molar-refractivity contribution in [3.05, 3.63) is 59.0 Å². The molecule has 5 nitrogen and oxygen atoms in total. The van der Waals surface area contributed by atoms with E-state index < -0.39 is 5.97 Å². The molecule has 2 heterocycles. The van der Waals surface area contributed by atoms with Crippen LogP contribution in [0.2, 0.25) is 0 Å². The van der Waals surface area contributed by atoms with E-state index in [0.29, 0.717) is 15.8 Å². The molecule has 1 fully saturated rings. The van der Waals surface area contributed by atoms with Gasteiger partial charge in [0, 0.05) is 24.6 Å². The third-order valence-electron chi connectivity index (χ3n) is 4.19. The van der Waals surface area contributed by atoms with Gasteiger partial charge in [0.25, 0.3) is 5.91 Å². The lowest BCUT2D eigenvalue weighted by atomic mass is 10.2. The molecule has 0 aromatic heterocycles. The summed E-state index contributed by atoms with van der Waals surface area (Å²) in [5, 5.41) is 1.06. The number of hydrogen-bond acceptors (Lipinski definition) is 7. The Morgan fingerprint density at radius 1 is 1.25 bits per heavy atom. The van der Waals surface area contributed by atoms with Gasteiger partial charge >= 0.3 is 5.97 Å². The van der Waals surface area contributed by atoms with Gasteiger partial charge < -0.3 is 9.64 Å².